The second-order valence-electron chi connectivity index (χ2n) is 8.75. The monoisotopic (exact) mass is 401 g/mol. The van der Waals surface area contributed by atoms with Crippen molar-refractivity contribution in [1.82, 2.24) is 9.97 Å². The number of anilines is 1. The van der Waals surface area contributed by atoms with Gasteiger partial charge in [-0.15, -0.1) is 0 Å². The van der Waals surface area contributed by atoms with E-state index in [1.807, 2.05) is 39.8 Å². The molecule has 1 aromatic carbocycles. The molecule has 0 radical (unpaired) electrons. The van der Waals surface area contributed by atoms with Crippen molar-refractivity contribution in [3.8, 4) is 5.88 Å². The fraction of sp³-hybridized carbons (Fsp3) is 0.565. The van der Waals surface area contributed by atoms with E-state index in [2.05, 4.69) is 9.88 Å². The highest BCUT2D eigenvalue weighted by Gasteiger charge is 2.30. The van der Waals surface area contributed by atoms with Crippen molar-refractivity contribution < 1.29 is 13.9 Å². The molecular formula is C23H32FN3O2. The van der Waals surface area contributed by atoms with Gasteiger partial charge in [0.05, 0.1) is 18.0 Å². The smallest absolute Gasteiger partial charge is 0.258 e. The fourth-order valence-electron chi connectivity index (χ4n) is 3.83. The van der Waals surface area contributed by atoms with Gasteiger partial charge in [-0.3, -0.25) is 0 Å². The van der Waals surface area contributed by atoms with E-state index in [0.29, 0.717) is 23.8 Å². The summed E-state index contributed by atoms with van der Waals surface area (Å²) in [6.45, 7) is 9.67. The predicted molar refractivity (Wildman–Crippen MR) is 113 cm³/mol. The number of nitrogens with zero attached hydrogens (tertiary/aromatic N) is 3. The standard InChI is InChI=1S/C23H32FN3O2/c1-16-15-25-22(29-23(2,3)4)21(26-16)27-12-10-17(11-13-27)20(28-5)14-18-8-6-7-9-19(18)24/h6-9,15,17,20H,10-14H2,1-5H3. The Labute approximate surface area is 173 Å². The van der Waals surface area contributed by atoms with E-state index < -0.39 is 0 Å². The minimum Gasteiger partial charge on any atom is -0.469 e. The van der Waals surface area contributed by atoms with E-state index in [0.717, 1.165) is 37.4 Å². The van der Waals surface area contributed by atoms with Crippen LogP contribution in [0.3, 0.4) is 0 Å². The summed E-state index contributed by atoms with van der Waals surface area (Å²) < 4.78 is 25.9. The molecule has 3 rings (SSSR count). The first kappa shape index (κ1) is 21.5. The Kier molecular flexibility index (Phi) is 6.73. The van der Waals surface area contributed by atoms with Gasteiger partial charge in [-0.1, -0.05) is 18.2 Å². The van der Waals surface area contributed by atoms with Crippen molar-refractivity contribution in [3.05, 3.63) is 47.5 Å². The first-order valence-electron chi connectivity index (χ1n) is 10.3. The summed E-state index contributed by atoms with van der Waals surface area (Å²) in [7, 11) is 1.72. The first-order valence-corrected chi connectivity index (χ1v) is 10.3. The van der Waals surface area contributed by atoms with Crippen LogP contribution in [0.1, 0.15) is 44.9 Å². The van der Waals surface area contributed by atoms with Crippen LogP contribution in [-0.2, 0) is 11.2 Å². The first-order chi connectivity index (χ1) is 13.8. The van der Waals surface area contributed by atoms with E-state index in [4.69, 9.17) is 14.5 Å². The molecule has 0 amide bonds. The zero-order valence-electron chi connectivity index (χ0n) is 18.1. The van der Waals surface area contributed by atoms with Gasteiger partial charge in [-0.25, -0.2) is 14.4 Å². The molecule has 6 heteroatoms. The van der Waals surface area contributed by atoms with Crippen LogP contribution in [0.5, 0.6) is 5.88 Å². The number of halogens is 1. The summed E-state index contributed by atoms with van der Waals surface area (Å²) in [6.07, 6.45) is 4.25. The third kappa shape index (κ3) is 5.66. The molecule has 0 spiro atoms. The lowest BCUT2D eigenvalue weighted by molar-refractivity contribution is 0.0415. The van der Waals surface area contributed by atoms with Crippen LogP contribution in [0, 0.1) is 18.7 Å². The number of hydrogen-bond donors (Lipinski definition) is 0. The van der Waals surface area contributed by atoms with Crippen LogP contribution in [0.15, 0.2) is 30.5 Å². The molecule has 1 atom stereocenters. The largest absolute Gasteiger partial charge is 0.469 e. The second-order valence-corrected chi connectivity index (χ2v) is 8.75. The van der Waals surface area contributed by atoms with Crippen LogP contribution < -0.4 is 9.64 Å². The molecule has 1 saturated heterocycles. The van der Waals surface area contributed by atoms with Gasteiger partial charge in [0.1, 0.15) is 11.4 Å². The molecule has 1 aromatic heterocycles. The second kappa shape index (κ2) is 9.08. The van der Waals surface area contributed by atoms with Crippen LogP contribution in [0.4, 0.5) is 10.2 Å². The summed E-state index contributed by atoms with van der Waals surface area (Å²) in [5, 5.41) is 0. The molecule has 1 fully saturated rings. The van der Waals surface area contributed by atoms with E-state index in [-0.39, 0.29) is 17.5 Å². The average molecular weight is 402 g/mol. The zero-order valence-corrected chi connectivity index (χ0v) is 18.1. The van der Waals surface area contributed by atoms with E-state index in [1.165, 1.54) is 6.07 Å². The molecule has 1 aliphatic heterocycles. The summed E-state index contributed by atoms with van der Waals surface area (Å²) in [5.41, 5.74) is 1.25. The van der Waals surface area contributed by atoms with Gasteiger partial charge in [-0.2, -0.15) is 0 Å². The summed E-state index contributed by atoms with van der Waals surface area (Å²) >= 11 is 0. The predicted octanol–water partition coefficient (Wildman–Crippen LogP) is 4.58. The van der Waals surface area contributed by atoms with Gasteiger partial charge in [0.2, 0.25) is 0 Å². The van der Waals surface area contributed by atoms with Crippen LogP contribution >= 0.6 is 0 Å². The maximum atomic E-state index is 14.1. The Morgan fingerprint density at radius 1 is 1.21 bits per heavy atom. The van der Waals surface area contributed by atoms with Gasteiger partial charge < -0.3 is 14.4 Å². The Hall–Kier alpha value is -2.21. The Balaban J connectivity index is 1.68. The van der Waals surface area contributed by atoms with Gasteiger partial charge in [0, 0.05) is 26.6 Å². The molecule has 0 N–H and O–H groups in total. The molecule has 1 unspecified atom stereocenters. The summed E-state index contributed by atoms with van der Waals surface area (Å²) in [4.78, 5) is 11.4. The van der Waals surface area contributed by atoms with Crippen LogP contribution in [0.2, 0.25) is 0 Å². The molecule has 1 aliphatic rings. The number of rotatable bonds is 6. The number of aryl methyl sites for hydroxylation is 1. The van der Waals surface area contributed by atoms with E-state index in [1.54, 1.807) is 19.4 Å². The molecule has 0 saturated carbocycles. The SMILES string of the molecule is COC(Cc1ccccc1F)C1CCN(c2nc(C)cnc2OC(C)(C)C)CC1. The Bertz CT molecular complexity index is 814. The highest BCUT2D eigenvalue weighted by molar-refractivity contribution is 5.49. The lowest BCUT2D eigenvalue weighted by Crippen LogP contribution is -2.40. The minimum atomic E-state index is -0.335. The number of methoxy groups -OCH3 is 1. The molecule has 0 bridgehead atoms. The zero-order chi connectivity index (χ0) is 21.0. The maximum absolute atomic E-state index is 14.1. The lowest BCUT2D eigenvalue weighted by atomic mass is 9.87. The quantitative estimate of drug-likeness (QED) is 0.709. The molecule has 0 aliphatic carbocycles. The topological polar surface area (TPSA) is 47.5 Å². The van der Waals surface area contributed by atoms with E-state index >= 15 is 0 Å². The Morgan fingerprint density at radius 3 is 2.52 bits per heavy atom. The van der Waals surface area contributed by atoms with Crippen molar-refractivity contribution in [2.24, 2.45) is 5.92 Å². The van der Waals surface area contributed by atoms with Crippen molar-refractivity contribution in [2.75, 3.05) is 25.1 Å². The van der Waals surface area contributed by atoms with Gasteiger partial charge >= 0.3 is 0 Å². The van der Waals surface area contributed by atoms with Crippen molar-refractivity contribution in [2.45, 2.75) is 58.7 Å². The number of hydrogen-bond acceptors (Lipinski definition) is 5. The molecule has 29 heavy (non-hydrogen) atoms. The highest BCUT2D eigenvalue weighted by Crippen LogP contribution is 2.32. The van der Waals surface area contributed by atoms with Crippen molar-refractivity contribution in [3.63, 3.8) is 0 Å². The number of benzene rings is 1. The van der Waals surface area contributed by atoms with Gasteiger partial charge in [0.15, 0.2) is 5.82 Å². The van der Waals surface area contributed by atoms with Gasteiger partial charge in [0.25, 0.3) is 5.88 Å². The summed E-state index contributed by atoms with van der Waals surface area (Å²) in [5.74, 6) is 1.60. The number of piperidine rings is 1. The Morgan fingerprint density at radius 2 is 1.90 bits per heavy atom. The lowest BCUT2D eigenvalue weighted by Gasteiger charge is -2.37. The molecule has 2 heterocycles. The molecule has 2 aromatic rings. The molecular weight excluding hydrogens is 369 g/mol. The number of aromatic nitrogens is 2. The van der Waals surface area contributed by atoms with Crippen molar-refractivity contribution in [1.29, 1.82) is 0 Å². The normalized spacial score (nSPS) is 16.7. The fourth-order valence-corrected chi connectivity index (χ4v) is 3.83. The summed E-state index contributed by atoms with van der Waals surface area (Å²) in [6, 6.07) is 6.95. The molecule has 158 valence electrons. The van der Waals surface area contributed by atoms with Crippen LogP contribution in [-0.4, -0.2) is 41.9 Å². The average Bonchev–Trinajstić information content (AvgIpc) is 2.68. The minimum absolute atomic E-state index is 0.00272. The highest BCUT2D eigenvalue weighted by atomic mass is 19.1. The third-order valence-electron chi connectivity index (χ3n) is 5.29. The third-order valence-corrected chi connectivity index (χ3v) is 5.29. The van der Waals surface area contributed by atoms with Crippen molar-refractivity contribution >= 4 is 5.82 Å². The maximum Gasteiger partial charge on any atom is 0.258 e. The molecule has 5 nitrogen and oxygen atoms in total. The number of ether oxygens (including phenoxy) is 2. The van der Waals surface area contributed by atoms with E-state index in [9.17, 15) is 4.39 Å². The van der Waals surface area contributed by atoms with Crippen LogP contribution in [0.25, 0.3) is 0 Å². The van der Waals surface area contributed by atoms with Gasteiger partial charge in [-0.05, 0) is 58.1 Å².